The van der Waals surface area contributed by atoms with Gasteiger partial charge in [0.15, 0.2) is 0 Å². The summed E-state index contributed by atoms with van der Waals surface area (Å²) < 4.78 is 5.23. The first-order valence-electron chi connectivity index (χ1n) is 5.51. The van der Waals surface area contributed by atoms with E-state index in [0.29, 0.717) is 0 Å². The van der Waals surface area contributed by atoms with Crippen LogP contribution in [0.3, 0.4) is 0 Å². The molecule has 1 atom stereocenters. The lowest BCUT2D eigenvalue weighted by Crippen LogP contribution is -1.98. The molecule has 2 heteroatoms. The van der Waals surface area contributed by atoms with Gasteiger partial charge in [-0.15, -0.1) is 0 Å². The number of ether oxygens (including phenoxy) is 1. The summed E-state index contributed by atoms with van der Waals surface area (Å²) >= 11 is 0. The van der Waals surface area contributed by atoms with Crippen molar-refractivity contribution in [2.75, 3.05) is 7.11 Å². The second-order valence-corrected chi connectivity index (χ2v) is 3.89. The molecule has 1 aromatic carbocycles. The fraction of sp³-hybridized carbons (Fsp3) is 0.538. The molecule has 0 aliphatic carbocycles. The third kappa shape index (κ3) is 3.24. The molecule has 15 heavy (non-hydrogen) atoms. The van der Waals surface area contributed by atoms with Crippen molar-refractivity contribution in [2.45, 2.75) is 39.2 Å². The minimum atomic E-state index is -0.362. The lowest BCUT2D eigenvalue weighted by molar-refractivity contribution is 0.164. The van der Waals surface area contributed by atoms with Crippen molar-refractivity contribution in [3.63, 3.8) is 0 Å². The first-order chi connectivity index (χ1) is 7.19. The molecule has 0 saturated heterocycles. The predicted octanol–water partition coefficient (Wildman–Crippen LogP) is 3.23. The Morgan fingerprint density at radius 3 is 2.73 bits per heavy atom. The average Bonchev–Trinajstić information content (AvgIpc) is 2.26. The molecule has 0 aliphatic rings. The smallest absolute Gasteiger partial charge is 0.122 e. The summed E-state index contributed by atoms with van der Waals surface area (Å²) in [6, 6.07) is 5.89. The van der Waals surface area contributed by atoms with Gasteiger partial charge in [-0.2, -0.15) is 0 Å². The summed E-state index contributed by atoms with van der Waals surface area (Å²) in [5, 5.41) is 9.91. The Morgan fingerprint density at radius 2 is 2.13 bits per heavy atom. The fourth-order valence-electron chi connectivity index (χ4n) is 1.61. The van der Waals surface area contributed by atoms with Crippen LogP contribution in [0, 0.1) is 6.92 Å². The summed E-state index contributed by atoms with van der Waals surface area (Å²) in [6.45, 7) is 4.13. The fourth-order valence-corrected chi connectivity index (χ4v) is 1.61. The molecule has 0 amide bonds. The van der Waals surface area contributed by atoms with Gasteiger partial charge in [0.2, 0.25) is 0 Å². The van der Waals surface area contributed by atoms with E-state index in [9.17, 15) is 5.11 Å². The first-order valence-corrected chi connectivity index (χ1v) is 5.51. The van der Waals surface area contributed by atoms with Crippen LogP contribution in [0.15, 0.2) is 18.2 Å². The maximum atomic E-state index is 9.91. The Labute approximate surface area is 91.9 Å². The minimum absolute atomic E-state index is 0.362. The van der Waals surface area contributed by atoms with Crippen molar-refractivity contribution in [1.82, 2.24) is 0 Å². The number of hydrogen-bond donors (Lipinski definition) is 1. The van der Waals surface area contributed by atoms with Crippen LogP contribution >= 0.6 is 0 Å². The molecule has 0 aromatic heterocycles. The Bertz CT molecular complexity index is 307. The Morgan fingerprint density at radius 1 is 1.40 bits per heavy atom. The molecule has 0 radical (unpaired) electrons. The molecule has 2 nitrogen and oxygen atoms in total. The van der Waals surface area contributed by atoms with Crippen molar-refractivity contribution in [1.29, 1.82) is 0 Å². The SMILES string of the molecule is CCCCC(O)c1ccc(C)c(OC)c1. The number of benzene rings is 1. The van der Waals surface area contributed by atoms with E-state index < -0.39 is 0 Å². The third-order valence-corrected chi connectivity index (χ3v) is 2.65. The third-order valence-electron chi connectivity index (χ3n) is 2.65. The van der Waals surface area contributed by atoms with E-state index in [1.807, 2.05) is 25.1 Å². The number of methoxy groups -OCH3 is 1. The Kier molecular flexibility index (Phi) is 4.63. The van der Waals surface area contributed by atoms with Crippen LogP contribution in [0.4, 0.5) is 0 Å². The molecule has 1 aromatic rings. The Hall–Kier alpha value is -1.02. The first kappa shape index (κ1) is 12.1. The molecule has 0 bridgehead atoms. The van der Waals surface area contributed by atoms with Gasteiger partial charge in [0, 0.05) is 0 Å². The maximum Gasteiger partial charge on any atom is 0.122 e. The molecule has 1 N–H and O–H groups in total. The van der Waals surface area contributed by atoms with Crippen molar-refractivity contribution >= 4 is 0 Å². The van der Waals surface area contributed by atoms with Crippen LogP contribution in [-0.2, 0) is 0 Å². The monoisotopic (exact) mass is 208 g/mol. The minimum Gasteiger partial charge on any atom is -0.496 e. The van der Waals surface area contributed by atoms with E-state index in [-0.39, 0.29) is 6.10 Å². The zero-order valence-corrected chi connectivity index (χ0v) is 9.79. The van der Waals surface area contributed by atoms with Crippen LogP contribution in [0.2, 0.25) is 0 Å². The highest BCUT2D eigenvalue weighted by Gasteiger charge is 2.08. The highest BCUT2D eigenvalue weighted by Crippen LogP contribution is 2.25. The van der Waals surface area contributed by atoms with Crippen LogP contribution in [0.25, 0.3) is 0 Å². The quantitative estimate of drug-likeness (QED) is 0.805. The van der Waals surface area contributed by atoms with E-state index in [1.54, 1.807) is 7.11 Å². The molecule has 1 unspecified atom stereocenters. The van der Waals surface area contributed by atoms with Crippen LogP contribution in [0.1, 0.15) is 43.4 Å². The standard InChI is InChI=1S/C13H20O2/c1-4-5-6-12(14)11-8-7-10(2)13(9-11)15-3/h7-9,12,14H,4-6H2,1-3H3. The molecule has 0 fully saturated rings. The molecular weight excluding hydrogens is 188 g/mol. The number of rotatable bonds is 5. The molecule has 0 aliphatic heterocycles. The zero-order chi connectivity index (χ0) is 11.3. The largest absolute Gasteiger partial charge is 0.496 e. The van der Waals surface area contributed by atoms with Crippen molar-refractivity contribution < 1.29 is 9.84 Å². The highest BCUT2D eigenvalue weighted by molar-refractivity contribution is 5.37. The van der Waals surface area contributed by atoms with E-state index in [4.69, 9.17) is 4.74 Å². The number of aryl methyl sites for hydroxylation is 1. The van der Waals surface area contributed by atoms with Crippen LogP contribution in [-0.4, -0.2) is 12.2 Å². The Balaban J connectivity index is 2.76. The molecule has 0 heterocycles. The molecule has 1 rings (SSSR count). The van der Waals surface area contributed by atoms with Gasteiger partial charge in [0.05, 0.1) is 13.2 Å². The number of aliphatic hydroxyl groups excluding tert-OH is 1. The maximum absolute atomic E-state index is 9.91. The summed E-state index contributed by atoms with van der Waals surface area (Å²) in [4.78, 5) is 0. The molecule has 0 spiro atoms. The van der Waals surface area contributed by atoms with Gasteiger partial charge in [0.25, 0.3) is 0 Å². The van der Waals surface area contributed by atoms with Gasteiger partial charge in [-0.25, -0.2) is 0 Å². The van der Waals surface area contributed by atoms with Gasteiger partial charge in [-0.05, 0) is 30.5 Å². The normalized spacial score (nSPS) is 12.5. The van der Waals surface area contributed by atoms with Gasteiger partial charge in [-0.1, -0.05) is 31.9 Å². The highest BCUT2D eigenvalue weighted by atomic mass is 16.5. The van der Waals surface area contributed by atoms with Crippen molar-refractivity contribution in [3.05, 3.63) is 29.3 Å². The summed E-state index contributed by atoms with van der Waals surface area (Å²) in [7, 11) is 1.66. The lowest BCUT2D eigenvalue weighted by Gasteiger charge is -2.12. The van der Waals surface area contributed by atoms with E-state index in [2.05, 4.69) is 6.92 Å². The topological polar surface area (TPSA) is 29.5 Å². The average molecular weight is 208 g/mol. The van der Waals surface area contributed by atoms with Crippen LogP contribution < -0.4 is 4.74 Å². The van der Waals surface area contributed by atoms with Gasteiger partial charge >= 0.3 is 0 Å². The van der Waals surface area contributed by atoms with Gasteiger partial charge in [0.1, 0.15) is 5.75 Å². The van der Waals surface area contributed by atoms with Crippen molar-refractivity contribution in [3.8, 4) is 5.75 Å². The van der Waals surface area contributed by atoms with Gasteiger partial charge in [-0.3, -0.25) is 0 Å². The number of hydrogen-bond acceptors (Lipinski definition) is 2. The van der Waals surface area contributed by atoms with Crippen molar-refractivity contribution in [2.24, 2.45) is 0 Å². The van der Waals surface area contributed by atoms with E-state index in [1.165, 1.54) is 0 Å². The predicted molar refractivity (Wildman–Crippen MR) is 62.2 cm³/mol. The summed E-state index contributed by atoms with van der Waals surface area (Å²) in [5.41, 5.74) is 2.05. The number of aliphatic hydroxyl groups is 1. The second-order valence-electron chi connectivity index (χ2n) is 3.89. The van der Waals surface area contributed by atoms with Crippen LogP contribution in [0.5, 0.6) is 5.75 Å². The van der Waals surface area contributed by atoms with Gasteiger partial charge < -0.3 is 9.84 Å². The molecular formula is C13H20O2. The molecule has 0 saturated carbocycles. The summed E-state index contributed by atoms with van der Waals surface area (Å²) in [5.74, 6) is 0.850. The summed E-state index contributed by atoms with van der Waals surface area (Å²) in [6.07, 6.45) is 2.62. The lowest BCUT2D eigenvalue weighted by atomic mass is 10.0. The number of unbranched alkanes of at least 4 members (excludes halogenated alkanes) is 1. The zero-order valence-electron chi connectivity index (χ0n) is 9.79. The van der Waals surface area contributed by atoms with E-state index >= 15 is 0 Å². The molecule has 84 valence electrons. The second kappa shape index (κ2) is 5.76. The van der Waals surface area contributed by atoms with E-state index in [0.717, 1.165) is 36.1 Å².